The van der Waals surface area contributed by atoms with Crippen LogP contribution in [-0.4, -0.2) is 16.1 Å². The zero-order valence-corrected chi connectivity index (χ0v) is 14.4. The summed E-state index contributed by atoms with van der Waals surface area (Å²) in [5.41, 5.74) is 1.71. The van der Waals surface area contributed by atoms with Crippen molar-refractivity contribution in [2.45, 2.75) is 19.8 Å². The summed E-state index contributed by atoms with van der Waals surface area (Å²) in [6.45, 7) is 4.22. The molecule has 1 amide bonds. The maximum absolute atomic E-state index is 13.6. The van der Waals surface area contributed by atoms with Gasteiger partial charge >= 0.3 is 0 Å². The number of carbonyl (C=O) groups is 1. The molecule has 0 saturated heterocycles. The molecule has 1 aromatic heterocycles. The van der Waals surface area contributed by atoms with Crippen molar-refractivity contribution in [3.63, 3.8) is 0 Å². The van der Waals surface area contributed by atoms with E-state index in [1.165, 1.54) is 5.56 Å². The quantitative estimate of drug-likeness (QED) is 0.724. The molecule has 1 N–H and O–H groups in total. The molecular weight excluding hydrogens is 344 g/mol. The van der Waals surface area contributed by atoms with Gasteiger partial charge in [0.2, 0.25) is 5.13 Å². The molecule has 3 aromatic rings. The van der Waals surface area contributed by atoms with E-state index >= 15 is 0 Å². The van der Waals surface area contributed by atoms with Gasteiger partial charge in [-0.25, -0.2) is 8.78 Å². The second-order valence-corrected chi connectivity index (χ2v) is 6.74. The van der Waals surface area contributed by atoms with E-state index in [2.05, 4.69) is 29.4 Å². The molecule has 0 atom stereocenters. The summed E-state index contributed by atoms with van der Waals surface area (Å²) in [5, 5.41) is 11.2. The lowest BCUT2D eigenvalue weighted by molar-refractivity contribution is 0.102. The molecule has 0 aliphatic carbocycles. The van der Waals surface area contributed by atoms with Crippen LogP contribution in [0.4, 0.5) is 13.9 Å². The topological polar surface area (TPSA) is 54.9 Å². The Bertz CT molecular complexity index is 907. The lowest BCUT2D eigenvalue weighted by Gasteiger charge is -2.05. The van der Waals surface area contributed by atoms with Crippen LogP contribution in [-0.2, 0) is 0 Å². The van der Waals surface area contributed by atoms with Gasteiger partial charge in [0.05, 0.1) is 5.56 Å². The van der Waals surface area contributed by atoms with Crippen LogP contribution in [0.1, 0.15) is 35.7 Å². The smallest absolute Gasteiger partial charge is 0.260 e. The van der Waals surface area contributed by atoms with Gasteiger partial charge in [-0.05, 0) is 29.7 Å². The first-order valence-electron chi connectivity index (χ1n) is 7.64. The Labute approximate surface area is 147 Å². The summed E-state index contributed by atoms with van der Waals surface area (Å²) in [6.07, 6.45) is 0. The number of rotatable bonds is 4. The molecular formula is C18H15F2N3OS. The van der Waals surface area contributed by atoms with E-state index in [1.54, 1.807) is 0 Å². The second-order valence-electron chi connectivity index (χ2n) is 5.77. The zero-order chi connectivity index (χ0) is 18.0. The van der Waals surface area contributed by atoms with Crippen molar-refractivity contribution in [1.82, 2.24) is 10.2 Å². The van der Waals surface area contributed by atoms with Gasteiger partial charge < -0.3 is 0 Å². The third-order valence-electron chi connectivity index (χ3n) is 3.64. The number of aromatic nitrogens is 2. The second kappa shape index (κ2) is 7.06. The van der Waals surface area contributed by atoms with E-state index < -0.39 is 17.5 Å². The summed E-state index contributed by atoms with van der Waals surface area (Å²) >= 11 is 1.16. The molecule has 4 nitrogen and oxygen atoms in total. The molecule has 128 valence electrons. The van der Waals surface area contributed by atoms with Crippen LogP contribution in [0.2, 0.25) is 0 Å². The van der Waals surface area contributed by atoms with Crippen LogP contribution in [0, 0.1) is 11.6 Å². The van der Waals surface area contributed by atoms with Crippen LogP contribution in [0.5, 0.6) is 0 Å². The van der Waals surface area contributed by atoms with Crippen molar-refractivity contribution in [1.29, 1.82) is 0 Å². The zero-order valence-electron chi connectivity index (χ0n) is 13.6. The fraction of sp³-hybridized carbons (Fsp3) is 0.167. The van der Waals surface area contributed by atoms with Crippen molar-refractivity contribution >= 4 is 22.4 Å². The predicted octanol–water partition coefficient (Wildman–Crippen LogP) is 4.86. The third kappa shape index (κ3) is 3.88. The number of nitrogens with one attached hydrogen (secondary N) is 1. The Morgan fingerprint density at radius 2 is 1.80 bits per heavy atom. The molecule has 3 rings (SSSR count). The molecule has 2 aromatic carbocycles. The molecule has 0 aliphatic rings. The average Bonchev–Trinajstić information content (AvgIpc) is 3.05. The molecule has 0 spiro atoms. The van der Waals surface area contributed by atoms with Gasteiger partial charge in [-0.1, -0.05) is 49.4 Å². The Hall–Kier alpha value is -2.67. The van der Waals surface area contributed by atoms with Gasteiger partial charge in [-0.3, -0.25) is 10.1 Å². The number of nitrogens with zero attached hydrogens (tertiary/aromatic N) is 2. The molecule has 0 fully saturated rings. The largest absolute Gasteiger partial charge is 0.296 e. The van der Waals surface area contributed by atoms with Crippen molar-refractivity contribution < 1.29 is 13.6 Å². The number of amides is 1. The Kier molecular flexibility index (Phi) is 4.85. The van der Waals surface area contributed by atoms with Gasteiger partial charge in [-0.2, -0.15) is 0 Å². The van der Waals surface area contributed by atoms with Gasteiger partial charge in [-0.15, -0.1) is 10.2 Å². The highest BCUT2D eigenvalue weighted by atomic mass is 32.1. The van der Waals surface area contributed by atoms with Gasteiger partial charge in [0, 0.05) is 5.56 Å². The summed E-state index contributed by atoms with van der Waals surface area (Å²) in [4.78, 5) is 12.1. The maximum atomic E-state index is 13.6. The molecule has 0 saturated carbocycles. The fourth-order valence-corrected chi connectivity index (χ4v) is 2.98. The minimum Gasteiger partial charge on any atom is -0.296 e. The first kappa shape index (κ1) is 17.2. The normalized spacial score (nSPS) is 10.9. The first-order valence-corrected chi connectivity index (χ1v) is 8.46. The SMILES string of the molecule is CC(C)c1ccc(-c2nnc(NC(=O)c3cc(F)ccc3F)s2)cc1. The molecule has 0 bridgehead atoms. The van der Waals surface area contributed by atoms with E-state index in [1.807, 2.05) is 24.3 Å². The summed E-state index contributed by atoms with van der Waals surface area (Å²) in [5.74, 6) is -1.82. The number of hydrogen-bond donors (Lipinski definition) is 1. The molecule has 0 aliphatic heterocycles. The van der Waals surface area contributed by atoms with E-state index in [0.717, 1.165) is 35.1 Å². The fourth-order valence-electron chi connectivity index (χ4n) is 2.24. The third-order valence-corrected chi connectivity index (χ3v) is 4.53. The molecule has 7 heteroatoms. The lowest BCUT2D eigenvalue weighted by Crippen LogP contribution is -2.13. The van der Waals surface area contributed by atoms with E-state index in [9.17, 15) is 13.6 Å². The average molecular weight is 359 g/mol. The van der Waals surface area contributed by atoms with E-state index in [4.69, 9.17) is 0 Å². The number of anilines is 1. The maximum Gasteiger partial charge on any atom is 0.260 e. The van der Waals surface area contributed by atoms with Crippen molar-refractivity contribution in [3.05, 3.63) is 65.2 Å². The number of halogens is 2. The first-order chi connectivity index (χ1) is 11.9. The van der Waals surface area contributed by atoms with E-state index in [0.29, 0.717) is 10.9 Å². The van der Waals surface area contributed by atoms with Crippen LogP contribution in [0.15, 0.2) is 42.5 Å². The summed E-state index contributed by atoms with van der Waals surface area (Å²) in [7, 11) is 0. The van der Waals surface area contributed by atoms with Crippen molar-refractivity contribution in [2.24, 2.45) is 0 Å². The Morgan fingerprint density at radius 1 is 1.08 bits per heavy atom. The minimum atomic E-state index is -0.798. The van der Waals surface area contributed by atoms with Crippen LogP contribution >= 0.6 is 11.3 Å². The number of benzene rings is 2. The molecule has 0 radical (unpaired) electrons. The Balaban J connectivity index is 1.77. The van der Waals surface area contributed by atoms with Gasteiger partial charge in [0.25, 0.3) is 5.91 Å². The van der Waals surface area contributed by atoms with Gasteiger partial charge in [0.15, 0.2) is 0 Å². The molecule has 25 heavy (non-hydrogen) atoms. The number of hydrogen-bond acceptors (Lipinski definition) is 4. The standard InChI is InChI=1S/C18H15F2N3OS/c1-10(2)11-3-5-12(6-4-11)17-22-23-18(25-17)21-16(24)14-9-13(19)7-8-15(14)20/h3-10H,1-2H3,(H,21,23,24). The van der Waals surface area contributed by atoms with Crippen LogP contribution in [0.3, 0.4) is 0 Å². The highest BCUT2D eigenvalue weighted by Gasteiger charge is 2.15. The highest BCUT2D eigenvalue weighted by molar-refractivity contribution is 7.18. The van der Waals surface area contributed by atoms with E-state index in [-0.39, 0.29) is 10.7 Å². The van der Waals surface area contributed by atoms with Crippen LogP contribution < -0.4 is 5.32 Å². The van der Waals surface area contributed by atoms with Crippen molar-refractivity contribution in [3.8, 4) is 10.6 Å². The minimum absolute atomic E-state index is 0.219. The number of carbonyl (C=O) groups excluding carboxylic acids is 1. The molecule has 0 unspecified atom stereocenters. The summed E-state index contributed by atoms with van der Waals surface area (Å²) in [6, 6.07) is 10.6. The predicted molar refractivity (Wildman–Crippen MR) is 93.7 cm³/mol. The summed E-state index contributed by atoms with van der Waals surface area (Å²) < 4.78 is 26.8. The van der Waals surface area contributed by atoms with Gasteiger partial charge in [0.1, 0.15) is 16.6 Å². The van der Waals surface area contributed by atoms with Crippen LogP contribution in [0.25, 0.3) is 10.6 Å². The van der Waals surface area contributed by atoms with Crippen molar-refractivity contribution in [2.75, 3.05) is 5.32 Å². The lowest BCUT2D eigenvalue weighted by atomic mass is 10.0. The monoisotopic (exact) mass is 359 g/mol. The Morgan fingerprint density at radius 3 is 2.48 bits per heavy atom. The highest BCUT2D eigenvalue weighted by Crippen LogP contribution is 2.28. The molecule has 1 heterocycles.